The van der Waals surface area contributed by atoms with Crippen molar-refractivity contribution in [2.24, 2.45) is 0 Å². The van der Waals surface area contributed by atoms with Crippen molar-refractivity contribution in [1.82, 2.24) is 0 Å². The van der Waals surface area contributed by atoms with Gasteiger partial charge in [-0.3, -0.25) is 14.4 Å². The summed E-state index contributed by atoms with van der Waals surface area (Å²) in [5.74, 6) is -0.892. The van der Waals surface area contributed by atoms with Crippen LogP contribution in [0.25, 0.3) is 0 Å². The van der Waals surface area contributed by atoms with Crippen LogP contribution in [-0.4, -0.2) is 37.2 Å². The molecule has 0 aliphatic carbocycles. The molecule has 0 aromatic heterocycles. The molecule has 478 valence electrons. The van der Waals surface area contributed by atoms with Crippen LogP contribution in [0, 0.1) is 0 Å². The maximum Gasteiger partial charge on any atom is 0.306 e. The predicted molar refractivity (Wildman–Crippen MR) is 362 cm³/mol. The average molecular weight is 1160 g/mol. The second-order valence-electron chi connectivity index (χ2n) is 23.7. The lowest BCUT2D eigenvalue weighted by Crippen LogP contribution is -2.30. The monoisotopic (exact) mass is 1160 g/mol. The van der Waals surface area contributed by atoms with Crippen molar-refractivity contribution in [2.45, 2.75) is 361 Å². The summed E-state index contributed by atoms with van der Waals surface area (Å²) in [6, 6.07) is 0. The molecule has 0 rings (SSSR count). The van der Waals surface area contributed by atoms with Crippen LogP contribution >= 0.6 is 0 Å². The number of unbranched alkanes of at least 4 members (excludes halogenated alkanes) is 38. The molecule has 0 saturated heterocycles. The Kier molecular flexibility index (Phi) is 67.7. The molecule has 0 amide bonds. The van der Waals surface area contributed by atoms with E-state index in [1.54, 1.807) is 0 Å². The van der Waals surface area contributed by atoms with E-state index < -0.39 is 6.10 Å². The highest BCUT2D eigenvalue weighted by atomic mass is 16.6. The molecular formula is C77H134O6. The normalized spacial score (nSPS) is 12.7. The molecule has 0 aliphatic rings. The van der Waals surface area contributed by atoms with Crippen molar-refractivity contribution in [3.8, 4) is 0 Å². The summed E-state index contributed by atoms with van der Waals surface area (Å²) in [5, 5.41) is 0. The lowest BCUT2D eigenvalue weighted by Gasteiger charge is -2.18. The number of rotatable bonds is 65. The quantitative estimate of drug-likeness (QED) is 0.0261. The molecule has 1 unspecified atom stereocenters. The Balaban J connectivity index is 4.13. The highest BCUT2D eigenvalue weighted by Crippen LogP contribution is 2.18. The van der Waals surface area contributed by atoms with Crippen molar-refractivity contribution in [3.63, 3.8) is 0 Å². The number of hydrogen-bond donors (Lipinski definition) is 0. The van der Waals surface area contributed by atoms with E-state index in [4.69, 9.17) is 14.2 Å². The molecule has 6 nitrogen and oxygen atoms in total. The van der Waals surface area contributed by atoms with Crippen molar-refractivity contribution >= 4 is 17.9 Å². The van der Waals surface area contributed by atoms with Crippen LogP contribution in [0.1, 0.15) is 355 Å². The van der Waals surface area contributed by atoms with E-state index in [0.29, 0.717) is 19.3 Å². The largest absolute Gasteiger partial charge is 0.462 e. The fraction of sp³-hybridized carbons (Fsp3) is 0.753. The maximum atomic E-state index is 12.9. The van der Waals surface area contributed by atoms with Crippen LogP contribution in [0.15, 0.2) is 97.2 Å². The molecular weight excluding hydrogens is 1020 g/mol. The van der Waals surface area contributed by atoms with Gasteiger partial charge in [0.15, 0.2) is 6.10 Å². The Morgan fingerprint density at radius 1 is 0.253 bits per heavy atom. The molecule has 0 heterocycles. The third-order valence-electron chi connectivity index (χ3n) is 15.6. The minimum Gasteiger partial charge on any atom is -0.462 e. The third-order valence-corrected chi connectivity index (χ3v) is 15.6. The van der Waals surface area contributed by atoms with E-state index in [0.717, 1.165) is 116 Å². The van der Waals surface area contributed by atoms with Gasteiger partial charge in [0.2, 0.25) is 0 Å². The molecule has 0 radical (unpaired) electrons. The molecule has 0 fully saturated rings. The molecule has 0 aromatic rings. The first-order chi connectivity index (χ1) is 41.0. The maximum absolute atomic E-state index is 12.9. The molecule has 0 spiro atoms. The van der Waals surface area contributed by atoms with Crippen LogP contribution in [0.2, 0.25) is 0 Å². The van der Waals surface area contributed by atoms with Crippen molar-refractivity contribution in [3.05, 3.63) is 97.2 Å². The second kappa shape index (κ2) is 70.8. The number of ether oxygens (including phenoxy) is 3. The fourth-order valence-corrected chi connectivity index (χ4v) is 10.3. The zero-order valence-corrected chi connectivity index (χ0v) is 54.9. The van der Waals surface area contributed by atoms with Gasteiger partial charge in [0.05, 0.1) is 0 Å². The topological polar surface area (TPSA) is 78.9 Å². The van der Waals surface area contributed by atoms with Gasteiger partial charge in [-0.25, -0.2) is 0 Å². The fourth-order valence-electron chi connectivity index (χ4n) is 10.3. The smallest absolute Gasteiger partial charge is 0.306 e. The number of carbonyl (C=O) groups excluding carboxylic acids is 3. The Bertz CT molecular complexity index is 1610. The van der Waals surface area contributed by atoms with Gasteiger partial charge in [0.25, 0.3) is 0 Å². The van der Waals surface area contributed by atoms with E-state index in [1.165, 1.54) is 199 Å². The zero-order valence-electron chi connectivity index (χ0n) is 54.9. The second-order valence-corrected chi connectivity index (χ2v) is 23.7. The predicted octanol–water partition coefficient (Wildman–Crippen LogP) is 24.8. The summed E-state index contributed by atoms with van der Waals surface area (Å²) in [4.78, 5) is 38.4. The van der Waals surface area contributed by atoms with Gasteiger partial charge in [-0.1, -0.05) is 336 Å². The summed E-state index contributed by atoms with van der Waals surface area (Å²) in [6.07, 6.45) is 96.0. The molecule has 83 heavy (non-hydrogen) atoms. The molecule has 0 aromatic carbocycles. The molecule has 0 bridgehead atoms. The summed E-state index contributed by atoms with van der Waals surface area (Å²) in [5.41, 5.74) is 0. The molecule has 0 saturated carbocycles. The van der Waals surface area contributed by atoms with E-state index in [1.807, 2.05) is 0 Å². The first kappa shape index (κ1) is 79.3. The van der Waals surface area contributed by atoms with Crippen LogP contribution in [0.3, 0.4) is 0 Å². The van der Waals surface area contributed by atoms with Gasteiger partial charge in [-0.2, -0.15) is 0 Å². The standard InChI is InChI=1S/C77H134O6/c1-4-7-10-13-16-19-22-25-27-29-30-31-32-33-34-35-36-37-38-39-40-41-42-43-44-45-46-48-49-52-55-58-61-64-67-70-76(79)82-73-74(72-81-75(78)69-66-63-60-57-54-51-24-21-18-15-12-9-6-3)83-77(80)71-68-65-62-59-56-53-50-47-28-26-23-20-17-14-11-8-5-2/h7,9-10,12,16,18-19,21,25,27,30-31,33-34,51,54,74H,4-6,8,11,13-15,17,20,22-24,26,28-29,32,35-50,52-53,55-73H2,1-3H3/b10-7-,12-9-,19-16-,21-18-,27-25-,31-30-,34-33-,54-51-. The van der Waals surface area contributed by atoms with E-state index in [9.17, 15) is 14.4 Å². The highest BCUT2D eigenvalue weighted by molar-refractivity contribution is 5.71. The lowest BCUT2D eigenvalue weighted by molar-refractivity contribution is -0.167. The molecule has 0 N–H and O–H groups in total. The minimum absolute atomic E-state index is 0.0812. The van der Waals surface area contributed by atoms with Crippen LogP contribution in [0.5, 0.6) is 0 Å². The van der Waals surface area contributed by atoms with Crippen molar-refractivity contribution in [1.29, 1.82) is 0 Å². The number of carbonyl (C=O) groups is 3. The summed E-state index contributed by atoms with van der Waals surface area (Å²) in [7, 11) is 0. The third kappa shape index (κ3) is 69.0. The highest BCUT2D eigenvalue weighted by Gasteiger charge is 2.19. The van der Waals surface area contributed by atoms with E-state index in [2.05, 4.69) is 118 Å². The first-order valence-corrected chi connectivity index (χ1v) is 35.7. The van der Waals surface area contributed by atoms with Gasteiger partial charge in [-0.05, 0) is 96.3 Å². The summed E-state index contributed by atoms with van der Waals surface area (Å²) < 4.78 is 16.9. The number of allylic oxidation sites excluding steroid dienone is 16. The van der Waals surface area contributed by atoms with Crippen LogP contribution in [0.4, 0.5) is 0 Å². The number of esters is 3. The minimum atomic E-state index is -0.786. The summed E-state index contributed by atoms with van der Waals surface area (Å²) in [6.45, 7) is 6.43. The van der Waals surface area contributed by atoms with Crippen LogP contribution < -0.4 is 0 Å². The van der Waals surface area contributed by atoms with E-state index in [-0.39, 0.29) is 31.1 Å². The Morgan fingerprint density at radius 3 is 0.747 bits per heavy atom. The van der Waals surface area contributed by atoms with Gasteiger partial charge in [0, 0.05) is 19.3 Å². The van der Waals surface area contributed by atoms with Gasteiger partial charge in [-0.15, -0.1) is 0 Å². The molecule has 1 atom stereocenters. The average Bonchev–Trinajstić information content (AvgIpc) is 3.49. The SMILES string of the molecule is CC/C=C\C/C=C\C/C=C\C/C=C\C/C=C\CCCCCCCCCCCCCCCCCCCCCC(=O)OCC(COC(=O)CCCCC/C=C\C/C=C\C/C=C\CC)OC(=O)CCCCCCCCCCCCCCCCCCC. The zero-order chi connectivity index (χ0) is 59.9. The Morgan fingerprint density at radius 2 is 0.470 bits per heavy atom. The Hall–Kier alpha value is -3.67. The van der Waals surface area contributed by atoms with Crippen molar-refractivity contribution in [2.75, 3.05) is 13.2 Å². The molecule has 6 heteroatoms. The van der Waals surface area contributed by atoms with Gasteiger partial charge >= 0.3 is 17.9 Å². The summed E-state index contributed by atoms with van der Waals surface area (Å²) >= 11 is 0. The first-order valence-electron chi connectivity index (χ1n) is 35.7. The van der Waals surface area contributed by atoms with Gasteiger partial charge in [0.1, 0.15) is 13.2 Å². The molecule has 0 aliphatic heterocycles. The van der Waals surface area contributed by atoms with Gasteiger partial charge < -0.3 is 14.2 Å². The van der Waals surface area contributed by atoms with Crippen LogP contribution in [-0.2, 0) is 28.6 Å². The van der Waals surface area contributed by atoms with Crippen molar-refractivity contribution < 1.29 is 28.6 Å². The Labute approximate surface area is 515 Å². The number of hydrogen-bond acceptors (Lipinski definition) is 6. The van der Waals surface area contributed by atoms with E-state index >= 15 is 0 Å². The lowest BCUT2D eigenvalue weighted by atomic mass is 10.0.